The van der Waals surface area contributed by atoms with Gasteiger partial charge in [0.25, 0.3) is 11.7 Å². The Morgan fingerprint density at radius 1 is 0.871 bits per heavy atom. The first-order valence-corrected chi connectivity index (χ1v) is 9.99. The van der Waals surface area contributed by atoms with Gasteiger partial charge in [-0.3, -0.25) is 19.3 Å². The van der Waals surface area contributed by atoms with E-state index in [-0.39, 0.29) is 17.1 Å². The molecule has 4 rings (SSSR count). The number of anilines is 1. The number of halogens is 1. The van der Waals surface area contributed by atoms with Crippen molar-refractivity contribution >= 4 is 40.5 Å². The highest BCUT2D eigenvalue weighted by Crippen LogP contribution is 2.42. The summed E-state index contributed by atoms with van der Waals surface area (Å²) >= 11 is 6.03. The average molecular weight is 432 g/mol. The highest BCUT2D eigenvalue weighted by molar-refractivity contribution is 6.51. The summed E-state index contributed by atoms with van der Waals surface area (Å²) in [5.41, 5.74) is 1.99. The lowest BCUT2D eigenvalue weighted by Crippen LogP contribution is -2.29. The van der Waals surface area contributed by atoms with Gasteiger partial charge in [0.1, 0.15) is 5.76 Å². The summed E-state index contributed by atoms with van der Waals surface area (Å²) in [6, 6.07) is 21.0. The summed E-state index contributed by atoms with van der Waals surface area (Å²) < 4.78 is 0. The second-order valence-corrected chi connectivity index (χ2v) is 7.63. The van der Waals surface area contributed by atoms with E-state index in [2.05, 4.69) is 0 Å². The maximum absolute atomic E-state index is 13.1. The zero-order chi connectivity index (χ0) is 22.1. The summed E-state index contributed by atoms with van der Waals surface area (Å²) in [7, 11) is 0. The number of aliphatic hydroxyl groups is 1. The van der Waals surface area contributed by atoms with Gasteiger partial charge in [-0.05, 0) is 48.9 Å². The van der Waals surface area contributed by atoms with E-state index in [1.54, 1.807) is 78.9 Å². The van der Waals surface area contributed by atoms with Crippen LogP contribution >= 0.6 is 11.6 Å². The molecule has 0 unspecified atom stereocenters. The molecule has 0 bridgehead atoms. The van der Waals surface area contributed by atoms with Crippen molar-refractivity contribution in [1.29, 1.82) is 0 Å². The molecule has 31 heavy (non-hydrogen) atoms. The number of aliphatic hydroxyl groups excluding tert-OH is 1. The number of rotatable bonds is 4. The third-order valence-corrected chi connectivity index (χ3v) is 5.48. The normalized spacial score (nSPS) is 17.7. The van der Waals surface area contributed by atoms with Gasteiger partial charge in [0.05, 0.1) is 11.6 Å². The molecular formula is C25H18ClNO4. The third kappa shape index (κ3) is 3.76. The van der Waals surface area contributed by atoms with Crippen molar-refractivity contribution in [2.45, 2.75) is 13.0 Å². The fourth-order valence-corrected chi connectivity index (χ4v) is 3.79. The van der Waals surface area contributed by atoms with Crippen molar-refractivity contribution in [3.05, 3.63) is 106 Å². The van der Waals surface area contributed by atoms with Crippen molar-refractivity contribution in [3.8, 4) is 0 Å². The molecule has 5 nitrogen and oxygen atoms in total. The minimum atomic E-state index is -0.847. The summed E-state index contributed by atoms with van der Waals surface area (Å²) in [5, 5.41) is 11.5. The number of benzene rings is 3. The molecule has 1 N–H and O–H groups in total. The highest BCUT2D eigenvalue weighted by Gasteiger charge is 2.46. The Kier molecular flexibility index (Phi) is 5.44. The first kappa shape index (κ1) is 20.6. The molecule has 0 spiro atoms. The van der Waals surface area contributed by atoms with Crippen LogP contribution in [0.4, 0.5) is 5.69 Å². The van der Waals surface area contributed by atoms with Gasteiger partial charge < -0.3 is 5.11 Å². The van der Waals surface area contributed by atoms with E-state index in [0.717, 1.165) is 0 Å². The fraction of sp³-hybridized carbons (Fsp3) is 0.0800. The minimum Gasteiger partial charge on any atom is -0.507 e. The van der Waals surface area contributed by atoms with Crippen molar-refractivity contribution in [2.75, 3.05) is 4.90 Å². The predicted octanol–water partition coefficient (Wildman–Crippen LogP) is 5.17. The van der Waals surface area contributed by atoms with Gasteiger partial charge in [-0.25, -0.2) is 0 Å². The number of Topliss-reactive ketones (excluding diaryl/α,β-unsaturated/α-hetero) is 2. The van der Waals surface area contributed by atoms with E-state index in [1.807, 2.05) is 0 Å². The van der Waals surface area contributed by atoms with Crippen molar-refractivity contribution in [3.63, 3.8) is 0 Å². The monoisotopic (exact) mass is 431 g/mol. The smallest absolute Gasteiger partial charge is 0.300 e. The van der Waals surface area contributed by atoms with Crippen LogP contribution in [0.2, 0.25) is 5.02 Å². The number of amides is 1. The number of ketones is 2. The van der Waals surface area contributed by atoms with Crippen LogP contribution in [0.25, 0.3) is 5.76 Å². The standard InChI is InChI=1S/C25H18ClNO4/c1-15(28)16-9-13-20(14-10-16)27-22(17-7-11-19(26)12-8-17)21(24(30)25(27)31)23(29)18-5-3-2-4-6-18/h2-14,22,29H,1H3/t22-/m0/s1. The molecule has 1 saturated heterocycles. The van der Waals surface area contributed by atoms with Crippen LogP contribution in [0.5, 0.6) is 0 Å². The topological polar surface area (TPSA) is 74.7 Å². The predicted molar refractivity (Wildman–Crippen MR) is 119 cm³/mol. The van der Waals surface area contributed by atoms with E-state index in [4.69, 9.17) is 11.6 Å². The Labute approximate surface area is 184 Å². The van der Waals surface area contributed by atoms with E-state index in [0.29, 0.717) is 27.4 Å². The first-order chi connectivity index (χ1) is 14.9. The number of hydrogen-bond acceptors (Lipinski definition) is 4. The van der Waals surface area contributed by atoms with Gasteiger partial charge in [-0.2, -0.15) is 0 Å². The number of carbonyl (C=O) groups excluding carboxylic acids is 3. The molecular weight excluding hydrogens is 414 g/mol. The quantitative estimate of drug-likeness (QED) is 0.267. The first-order valence-electron chi connectivity index (χ1n) is 9.61. The van der Waals surface area contributed by atoms with E-state index in [1.165, 1.54) is 11.8 Å². The molecule has 3 aromatic rings. The molecule has 0 saturated carbocycles. The molecule has 0 aliphatic carbocycles. The van der Waals surface area contributed by atoms with Gasteiger partial charge in [-0.1, -0.05) is 54.1 Å². The fourth-order valence-electron chi connectivity index (χ4n) is 3.67. The molecule has 0 radical (unpaired) electrons. The number of nitrogens with zero attached hydrogens (tertiary/aromatic N) is 1. The third-order valence-electron chi connectivity index (χ3n) is 5.23. The van der Waals surface area contributed by atoms with Gasteiger partial charge in [-0.15, -0.1) is 0 Å². The van der Waals surface area contributed by atoms with Crippen LogP contribution in [0, 0.1) is 0 Å². The van der Waals surface area contributed by atoms with Crippen molar-refractivity contribution < 1.29 is 19.5 Å². The second-order valence-electron chi connectivity index (χ2n) is 7.19. The summed E-state index contributed by atoms with van der Waals surface area (Å²) in [4.78, 5) is 39.1. The summed E-state index contributed by atoms with van der Waals surface area (Å²) in [6.45, 7) is 1.45. The summed E-state index contributed by atoms with van der Waals surface area (Å²) in [5.74, 6) is -1.89. The van der Waals surface area contributed by atoms with E-state index < -0.39 is 17.7 Å². The molecule has 1 amide bonds. The number of carbonyl (C=O) groups is 3. The van der Waals surface area contributed by atoms with Crippen LogP contribution in [-0.2, 0) is 9.59 Å². The SMILES string of the molecule is CC(=O)c1ccc(N2C(=O)C(=O)C(=C(O)c3ccccc3)[C@@H]2c2ccc(Cl)cc2)cc1. The molecule has 1 heterocycles. The largest absolute Gasteiger partial charge is 0.507 e. The Bertz CT molecular complexity index is 1200. The Morgan fingerprint density at radius 3 is 2.06 bits per heavy atom. The summed E-state index contributed by atoms with van der Waals surface area (Å²) in [6.07, 6.45) is 0. The molecule has 1 aliphatic heterocycles. The Balaban J connectivity index is 1.91. The molecule has 0 aromatic heterocycles. The van der Waals surface area contributed by atoms with Crippen LogP contribution in [-0.4, -0.2) is 22.6 Å². The van der Waals surface area contributed by atoms with Crippen LogP contribution in [0.1, 0.15) is 34.5 Å². The zero-order valence-corrected chi connectivity index (χ0v) is 17.3. The lowest BCUT2D eigenvalue weighted by molar-refractivity contribution is -0.132. The zero-order valence-electron chi connectivity index (χ0n) is 16.6. The van der Waals surface area contributed by atoms with Crippen LogP contribution in [0.3, 0.4) is 0 Å². The highest BCUT2D eigenvalue weighted by atomic mass is 35.5. The van der Waals surface area contributed by atoms with Crippen molar-refractivity contribution in [2.24, 2.45) is 0 Å². The van der Waals surface area contributed by atoms with E-state index in [9.17, 15) is 19.5 Å². The van der Waals surface area contributed by atoms with Crippen LogP contribution in [0.15, 0.2) is 84.4 Å². The van der Waals surface area contributed by atoms with Gasteiger partial charge in [0, 0.05) is 21.8 Å². The lowest BCUT2D eigenvalue weighted by Gasteiger charge is -2.25. The van der Waals surface area contributed by atoms with Crippen molar-refractivity contribution in [1.82, 2.24) is 0 Å². The van der Waals surface area contributed by atoms with Crippen LogP contribution < -0.4 is 4.90 Å². The second kappa shape index (κ2) is 8.20. The van der Waals surface area contributed by atoms with Gasteiger partial charge in [0.2, 0.25) is 0 Å². The lowest BCUT2D eigenvalue weighted by atomic mass is 9.95. The molecule has 154 valence electrons. The maximum atomic E-state index is 13.1. The number of hydrogen-bond donors (Lipinski definition) is 1. The minimum absolute atomic E-state index is 0.00540. The molecule has 3 aromatic carbocycles. The Hall–Kier alpha value is -3.70. The van der Waals surface area contributed by atoms with Gasteiger partial charge in [0.15, 0.2) is 5.78 Å². The molecule has 1 aliphatic rings. The van der Waals surface area contributed by atoms with Gasteiger partial charge >= 0.3 is 0 Å². The maximum Gasteiger partial charge on any atom is 0.300 e. The molecule has 1 atom stereocenters. The Morgan fingerprint density at radius 2 is 1.48 bits per heavy atom. The average Bonchev–Trinajstić information content (AvgIpc) is 3.05. The molecule has 1 fully saturated rings. The van der Waals surface area contributed by atoms with E-state index >= 15 is 0 Å². The molecule has 6 heteroatoms.